The van der Waals surface area contributed by atoms with Crippen molar-refractivity contribution in [3.8, 4) is 0 Å². The van der Waals surface area contributed by atoms with Crippen LogP contribution in [-0.4, -0.2) is 30.4 Å². The van der Waals surface area contributed by atoms with Crippen LogP contribution in [0.5, 0.6) is 0 Å². The van der Waals surface area contributed by atoms with Gasteiger partial charge in [0.1, 0.15) is 0 Å². The number of likely N-dealkylation sites (N-methyl/N-ethyl adjacent to an activating group) is 1. The summed E-state index contributed by atoms with van der Waals surface area (Å²) in [6.45, 7) is 5.21. The van der Waals surface area contributed by atoms with E-state index in [9.17, 15) is 4.79 Å². The van der Waals surface area contributed by atoms with Crippen LogP contribution in [0.25, 0.3) is 0 Å². The summed E-state index contributed by atoms with van der Waals surface area (Å²) in [5.41, 5.74) is 1.12. The van der Waals surface area contributed by atoms with Crippen molar-refractivity contribution in [2.45, 2.75) is 32.9 Å². The highest BCUT2D eigenvalue weighted by Gasteiger charge is 2.11. The van der Waals surface area contributed by atoms with Crippen molar-refractivity contribution in [3.05, 3.63) is 34.3 Å². The number of nitrogens with zero attached hydrogens (tertiary/aromatic N) is 1. The molecule has 3 nitrogen and oxygen atoms in total. The van der Waals surface area contributed by atoms with Gasteiger partial charge in [0.25, 0.3) is 0 Å². The van der Waals surface area contributed by atoms with Gasteiger partial charge in [0.2, 0.25) is 5.91 Å². The van der Waals surface area contributed by atoms with Gasteiger partial charge in [-0.2, -0.15) is 0 Å². The summed E-state index contributed by atoms with van der Waals surface area (Å²) in [6, 6.07) is 8.35. The van der Waals surface area contributed by atoms with Crippen LogP contribution in [-0.2, 0) is 11.3 Å². The van der Waals surface area contributed by atoms with E-state index in [0.717, 1.165) is 16.5 Å². The molecule has 1 rings (SSSR count). The molecule has 0 aliphatic carbocycles. The molecule has 0 bridgehead atoms. The molecule has 0 spiro atoms. The van der Waals surface area contributed by atoms with Crippen molar-refractivity contribution in [2.24, 2.45) is 0 Å². The van der Waals surface area contributed by atoms with Gasteiger partial charge in [-0.3, -0.25) is 4.79 Å². The Kier molecular flexibility index (Phi) is 6.36. The Hall–Kier alpha value is -0.870. The second kappa shape index (κ2) is 7.54. The van der Waals surface area contributed by atoms with Crippen molar-refractivity contribution in [1.82, 2.24) is 10.2 Å². The third-order valence-corrected chi connectivity index (χ3v) is 3.78. The summed E-state index contributed by atoms with van der Waals surface area (Å²) in [6.07, 6.45) is 1.03. The van der Waals surface area contributed by atoms with Gasteiger partial charge >= 0.3 is 0 Å². The maximum atomic E-state index is 11.9. The Morgan fingerprint density at radius 1 is 1.44 bits per heavy atom. The van der Waals surface area contributed by atoms with E-state index in [-0.39, 0.29) is 5.91 Å². The maximum absolute atomic E-state index is 11.9. The van der Waals surface area contributed by atoms with Gasteiger partial charge in [0.05, 0.1) is 6.54 Å². The predicted octanol–water partition coefficient (Wildman–Crippen LogP) is 2.80. The van der Waals surface area contributed by atoms with Crippen LogP contribution in [0.2, 0.25) is 0 Å². The molecule has 1 atom stereocenters. The normalized spacial score (nSPS) is 12.2. The Labute approximate surface area is 118 Å². The zero-order valence-corrected chi connectivity index (χ0v) is 12.8. The first-order valence-corrected chi connectivity index (χ1v) is 7.04. The monoisotopic (exact) mass is 312 g/mol. The molecule has 1 aromatic rings. The predicted molar refractivity (Wildman–Crippen MR) is 78.4 cm³/mol. The zero-order chi connectivity index (χ0) is 13.5. The molecule has 0 heterocycles. The molecular formula is C14H21BrN2O. The SMILES string of the molecule is CCC(C)NCC(=O)N(C)Cc1ccccc1Br. The van der Waals surface area contributed by atoms with Crippen LogP contribution in [0, 0.1) is 0 Å². The maximum Gasteiger partial charge on any atom is 0.236 e. The molecule has 0 aromatic heterocycles. The molecule has 1 aromatic carbocycles. The van der Waals surface area contributed by atoms with Crippen LogP contribution in [0.15, 0.2) is 28.7 Å². The van der Waals surface area contributed by atoms with Crippen LogP contribution in [0.3, 0.4) is 0 Å². The standard InChI is InChI=1S/C14H21BrN2O/c1-4-11(2)16-9-14(18)17(3)10-12-7-5-6-8-13(12)15/h5-8,11,16H,4,9-10H2,1-3H3. The first kappa shape index (κ1) is 15.2. The lowest BCUT2D eigenvalue weighted by Crippen LogP contribution is -2.38. The highest BCUT2D eigenvalue weighted by molar-refractivity contribution is 9.10. The number of carbonyl (C=O) groups excluding carboxylic acids is 1. The van der Waals surface area contributed by atoms with Crippen LogP contribution >= 0.6 is 15.9 Å². The van der Waals surface area contributed by atoms with Gasteiger partial charge < -0.3 is 10.2 Å². The topological polar surface area (TPSA) is 32.3 Å². The Morgan fingerprint density at radius 2 is 2.11 bits per heavy atom. The third-order valence-electron chi connectivity index (χ3n) is 3.01. The molecule has 4 heteroatoms. The van der Waals surface area contributed by atoms with Gasteiger partial charge in [0, 0.05) is 24.1 Å². The third kappa shape index (κ3) is 4.78. The molecule has 1 unspecified atom stereocenters. The summed E-state index contributed by atoms with van der Waals surface area (Å²) >= 11 is 3.49. The molecule has 0 aliphatic rings. The lowest BCUT2D eigenvalue weighted by Gasteiger charge is -2.19. The van der Waals surface area contributed by atoms with Crippen molar-refractivity contribution < 1.29 is 4.79 Å². The number of nitrogens with one attached hydrogen (secondary N) is 1. The first-order chi connectivity index (χ1) is 8.54. The molecule has 0 aliphatic heterocycles. The van der Waals surface area contributed by atoms with Crippen molar-refractivity contribution in [2.75, 3.05) is 13.6 Å². The van der Waals surface area contributed by atoms with E-state index >= 15 is 0 Å². The van der Waals surface area contributed by atoms with E-state index in [2.05, 4.69) is 35.1 Å². The number of carbonyl (C=O) groups is 1. The summed E-state index contributed by atoms with van der Waals surface area (Å²) < 4.78 is 1.04. The lowest BCUT2D eigenvalue weighted by molar-refractivity contribution is -0.129. The minimum Gasteiger partial charge on any atom is -0.340 e. The second-order valence-corrected chi connectivity index (χ2v) is 5.39. The molecule has 0 fully saturated rings. The van der Waals surface area contributed by atoms with Crippen LogP contribution < -0.4 is 5.32 Å². The fourth-order valence-electron chi connectivity index (χ4n) is 1.51. The number of halogens is 1. The minimum atomic E-state index is 0.117. The second-order valence-electron chi connectivity index (χ2n) is 4.53. The van der Waals surface area contributed by atoms with Crippen LogP contribution in [0.4, 0.5) is 0 Å². The van der Waals surface area contributed by atoms with Gasteiger partial charge in [-0.05, 0) is 25.0 Å². The van der Waals surface area contributed by atoms with Crippen molar-refractivity contribution in [1.29, 1.82) is 0 Å². The van der Waals surface area contributed by atoms with E-state index in [0.29, 0.717) is 19.1 Å². The number of hydrogen-bond acceptors (Lipinski definition) is 2. The number of amides is 1. The van der Waals surface area contributed by atoms with E-state index in [1.54, 1.807) is 4.90 Å². The zero-order valence-electron chi connectivity index (χ0n) is 11.2. The van der Waals surface area contributed by atoms with Crippen molar-refractivity contribution in [3.63, 3.8) is 0 Å². The number of benzene rings is 1. The molecule has 0 saturated heterocycles. The summed E-state index contributed by atoms with van der Waals surface area (Å²) in [4.78, 5) is 13.7. The Morgan fingerprint density at radius 3 is 2.72 bits per heavy atom. The Bertz CT molecular complexity index is 395. The number of rotatable bonds is 6. The van der Waals surface area contributed by atoms with Crippen LogP contribution in [0.1, 0.15) is 25.8 Å². The fraction of sp³-hybridized carbons (Fsp3) is 0.500. The van der Waals surface area contributed by atoms with Crippen molar-refractivity contribution >= 4 is 21.8 Å². The first-order valence-electron chi connectivity index (χ1n) is 6.25. The molecule has 0 radical (unpaired) electrons. The lowest BCUT2D eigenvalue weighted by atomic mass is 10.2. The molecular weight excluding hydrogens is 292 g/mol. The molecule has 1 amide bonds. The largest absolute Gasteiger partial charge is 0.340 e. The molecule has 100 valence electrons. The van der Waals surface area contributed by atoms with E-state index < -0.39 is 0 Å². The number of hydrogen-bond donors (Lipinski definition) is 1. The summed E-state index contributed by atoms with van der Waals surface area (Å²) in [7, 11) is 1.83. The smallest absolute Gasteiger partial charge is 0.236 e. The van der Waals surface area contributed by atoms with E-state index in [1.165, 1.54) is 0 Å². The average molecular weight is 313 g/mol. The summed E-state index contributed by atoms with van der Waals surface area (Å²) in [5, 5.41) is 3.21. The molecule has 0 saturated carbocycles. The van der Waals surface area contributed by atoms with E-state index in [1.807, 2.05) is 31.3 Å². The Balaban J connectivity index is 2.47. The fourth-order valence-corrected chi connectivity index (χ4v) is 1.92. The quantitative estimate of drug-likeness (QED) is 0.876. The van der Waals surface area contributed by atoms with Gasteiger partial charge in [-0.15, -0.1) is 0 Å². The highest BCUT2D eigenvalue weighted by atomic mass is 79.9. The van der Waals surface area contributed by atoms with Gasteiger partial charge in [0.15, 0.2) is 0 Å². The molecule has 1 N–H and O–H groups in total. The van der Waals surface area contributed by atoms with Gasteiger partial charge in [-0.25, -0.2) is 0 Å². The average Bonchev–Trinajstić information content (AvgIpc) is 2.38. The minimum absolute atomic E-state index is 0.117. The highest BCUT2D eigenvalue weighted by Crippen LogP contribution is 2.17. The summed E-state index contributed by atoms with van der Waals surface area (Å²) in [5.74, 6) is 0.117. The van der Waals surface area contributed by atoms with Gasteiger partial charge in [-0.1, -0.05) is 41.1 Å². The van der Waals surface area contributed by atoms with E-state index in [4.69, 9.17) is 0 Å². The molecule has 18 heavy (non-hydrogen) atoms.